The first-order valence-corrected chi connectivity index (χ1v) is 12.3. The first kappa shape index (κ1) is 26.3. The fourth-order valence-electron chi connectivity index (χ4n) is 4.54. The van der Waals surface area contributed by atoms with Crippen LogP contribution in [0.5, 0.6) is 5.75 Å². The maximum Gasteiger partial charge on any atom is 0.339 e. The fraction of sp³-hybridized carbons (Fsp3) is 0.464. The van der Waals surface area contributed by atoms with E-state index in [0.29, 0.717) is 29.9 Å². The first-order valence-electron chi connectivity index (χ1n) is 12.3. The molecule has 2 aromatic carbocycles. The molecule has 0 aromatic heterocycles. The predicted molar refractivity (Wildman–Crippen MR) is 134 cm³/mol. The zero-order valence-electron chi connectivity index (χ0n) is 20.9. The van der Waals surface area contributed by atoms with Crippen LogP contribution in [0.25, 0.3) is 0 Å². The second-order valence-electron chi connectivity index (χ2n) is 9.37. The number of para-hydroxylation sites is 2. The minimum Gasteiger partial charge on any atom is -0.492 e. The van der Waals surface area contributed by atoms with Crippen LogP contribution in [0.4, 0.5) is 5.69 Å². The van der Waals surface area contributed by atoms with Gasteiger partial charge >= 0.3 is 11.9 Å². The molecule has 7 nitrogen and oxygen atoms in total. The van der Waals surface area contributed by atoms with E-state index in [-0.39, 0.29) is 23.1 Å². The van der Waals surface area contributed by atoms with E-state index in [1.807, 2.05) is 6.92 Å². The Balaban J connectivity index is 1.64. The standard InChI is InChI=1S/C28H35NO6/c1-5-33-24-13-9-8-12-23(24)29-26(30)17-34-27(31)21-10-6-7-11-22(21)28(32)35-25-16-19(4)14-15-20(25)18(2)3/h6-13,18-20,25H,5,14-17H2,1-4H3,(H,29,30)/t19-,20+,25+/m0/s1. The molecule has 3 rings (SSSR count). The lowest BCUT2D eigenvalue weighted by Gasteiger charge is -2.36. The number of hydrogen-bond donors (Lipinski definition) is 1. The third kappa shape index (κ3) is 7.07. The quantitative estimate of drug-likeness (QED) is 0.476. The molecular weight excluding hydrogens is 446 g/mol. The van der Waals surface area contributed by atoms with Crippen molar-refractivity contribution in [3.63, 3.8) is 0 Å². The topological polar surface area (TPSA) is 90.9 Å². The summed E-state index contributed by atoms with van der Waals surface area (Å²) in [6, 6.07) is 13.4. The monoisotopic (exact) mass is 481 g/mol. The van der Waals surface area contributed by atoms with Gasteiger partial charge in [-0.15, -0.1) is 0 Å². The molecule has 1 N–H and O–H groups in total. The molecule has 0 spiro atoms. The van der Waals surface area contributed by atoms with Crippen molar-refractivity contribution in [2.45, 2.75) is 53.1 Å². The Morgan fingerprint density at radius 1 is 0.971 bits per heavy atom. The van der Waals surface area contributed by atoms with E-state index < -0.39 is 24.5 Å². The molecule has 1 aliphatic carbocycles. The zero-order valence-corrected chi connectivity index (χ0v) is 20.9. The summed E-state index contributed by atoms with van der Waals surface area (Å²) in [5, 5.41) is 2.68. The number of carbonyl (C=O) groups excluding carboxylic acids is 3. The summed E-state index contributed by atoms with van der Waals surface area (Å²) >= 11 is 0. The first-order chi connectivity index (χ1) is 16.8. The molecule has 3 atom stereocenters. The summed E-state index contributed by atoms with van der Waals surface area (Å²) in [5.41, 5.74) is 0.700. The zero-order chi connectivity index (χ0) is 25.4. The summed E-state index contributed by atoms with van der Waals surface area (Å²) in [6.45, 7) is 8.25. The Hall–Kier alpha value is -3.35. The van der Waals surface area contributed by atoms with E-state index >= 15 is 0 Å². The van der Waals surface area contributed by atoms with Crippen molar-refractivity contribution in [2.24, 2.45) is 17.8 Å². The van der Waals surface area contributed by atoms with Crippen LogP contribution < -0.4 is 10.1 Å². The molecule has 1 aliphatic rings. The summed E-state index contributed by atoms with van der Waals surface area (Å²) in [6.07, 6.45) is 2.76. The number of hydrogen-bond acceptors (Lipinski definition) is 6. The molecular formula is C28H35NO6. The summed E-state index contributed by atoms with van der Waals surface area (Å²) in [7, 11) is 0. The lowest BCUT2D eigenvalue weighted by Crippen LogP contribution is -2.36. The molecule has 2 aromatic rings. The number of ether oxygens (including phenoxy) is 3. The van der Waals surface area contributed by atoms with Crippen molar-refractivity contribution in [1.82, 2.24) is 0 Å². The molecule has 188 valence electrons. The minimum absolute atomic E-state index is 0.0740. The van der Waals surface area contributed by atoms with Crippen molar-refractivity contribution in [3.05, 3.63) is 59.7 Å². The fourth-order valence-corrected chi connectivity index (χ4v) is 4.54. The van der Waals surface area contributed by atoms with Crippen molar-refractivity contribution >= 4 is 23.5 Å². The number of nitrogens with one attached hydrogen (secondary N) is 1. The lowest BCUT2D eigenvalue weighted by atomic mass is 9.75. The normalized spacial score (nSPS) is 19.6. The highest BCUT2D eigenvalue weighted by molar-refractivity contribution is 6.04. The van der Waals surface area contributed by atoms with E-state index in [0.717, 1.165) is 19.3 Å². The molecule has 1 amide bonds. The molecule has 1 fully saturated rings. The number of rotatable bonds is 9. The number of esters is 2. The average Bonchev–Trinajstić information content (AvgIpc) is 2.83. The highest BCUT2D eigenvalue weighted by atomic mass is 16.5. The minimum atomic E-state index is -0.761. The van der Waals surface area contributed by atoms with E-state index in [4.69, 9.17) is 14.2 Å². The van der Waals surface area contributed by atoms with Gasteiger partial charge in [0.25, 0.3) is 5.91 Å². The molecule has 1 saturated carbocycles. The Morgan fingerprint density at radius 3 is 2.31 bits per heavy atom. The van der Waals surface area contributed by atoms with Crippen LogP contribution >= 0.6 is 0 Å². The summed E-state index contributed by atoms with van der Waals surface area (Å²) in [4.78, 5) is 38.2. The van der Waals surface area contributed by atoms with Crippen LogP contribution in [-0.4, -0.2) is 37.2 Å². The third-order valence-electron chi connectivity index (χ3n) is 6.38. The van der Waals surface area contributed by atoms with Crippen LogP contribution in [0.1, 0.15) is 67.7 Å². The number of carbonyl (C=O) groups is 3. The van der Waals surface area contributed by atoms with Crippen molar-refractivity contribution < 1.29 is 28.6 Å². The summed E-state index contributed by atoms with van der Waals surface area (Å²) < 4.78 is 16.6. The second kappa shape index (κ2) is 12.4. The highest BCUT2D eigenvalue weighted by Gasteiger charge is 2.34. The second-order valence-corrected chi connectivity index (χ2v) is 9.37. The largest absolute Gasteiger partial charge is 0.492 e. The molecule has 0 radical (unpaired) electrons. The molecule has 0 unspecified atom stereocenters. The number of anilines is 1. The SMILES string of the molecule is CCOc1ccccc1NC(=O)COC(=O)c1ccccc1C(=O)O[C@@H]1C[C@@H](C)CC[C@@H]1C(C)C. The van der Waals surface area contributed by atoms with E-state index in [2.05, 4.69) is 26.1 Å². The van der Waals surface area contributed by atoms with Gasteiger partial charge in [0.2, 0.25) is 0 Å². The van der Waals surface area contributed by atoms with Gasteiger partial charge in [0.1, 0.15) is 11.9 Å². The molecule has 7 heteroatoms. The van der Waals surface area contributed by atoms with Gasteiger partial charge in [-0.05, 0) is 61.8 Å². The molecule has 0 saturated heterocycles. The van der Waals surface area contributed by atoms with Crippen LogP contribution in [0.3, 0.4) is 0 Å². The Bertz CT molecular complexity index is 1030. The predicted octanol–water partition coefficient (Wildman–Crippen LogP) is 5.50. The van der Waals surface area contributed by atoms with Crippen molar-refractivity contribution in [2.75, 3.05) is 18.5 Å². The Morgan fingerprint density at radius 2 is 1.63 bits per heavy atom. The lowest BCUT2D eigenvalue weighted by molar-refractivity contribution is -0.119. The molecule has 0 bridgehead atoms. The van der Waals surface area contributed by atoms with Crippen molar-refractivity contribution in [3.8, 4) is 5.75 Å². The third-order valence-corrected chi connectivity index (χ3v) is 6.38. The molecule has 35 heavy (non-hydrogen) atoms. The van der Waals surface area contributed by atoms with Gasteiger partial charge in [0.05, 0.1) is 23.4 Å². The van der Waals surface area contributed by atoms with Crippen LogP contribution in [-0.2, 0) is 14.3 Å². The van der Waals surface area contributed by atoms with Crippen LogP contribution in [0, 0.1) is 17.8 Å². The van der Waals surface area contributed by atoms with Gasteiger partial charge < -0.3 is 19.5 Å². The van der Waals surface area contributed by atoms with Gasteiger partial charge in [-0.3, -0.25) is 4.79 Å². The van der Waals surface area contributed by atoms with Gasteiger partial charge in [-0.2, -0.15) is 0 Å². The smallest absolute Gasteiger partial charge is 0.339 e. The van der Waals surface area contributed by atoms with E-state index in [1.54, 1.807) is 42.5 Å². The Kier molecular flexibility index (Phi) is 9.29. The number of amides is 1. The number of benzene rings is 2. The van der Waals surface area contributed by atoms with Gasteiger partial charge in [0.15, 0.2) is 6.61 Å². The van der Waals surface area contributed by atoms with E-state index in [9.17, 15) is 14.4 Å². The van der Waals surface area contributed by atoms with Gasteiger partial charge in [-0.25, -0.2) is 9.59 Å². The average molecular weight is 482 g/mol. The maximum absolute atomic E-state index is 13.1. The van der Waals surface area contributed by atoms with Crippen LogP contribution in [0.15, 0.2) is 48.5 Å². The van der Waals surface area contributed by atoms with Crippen molar-refractivity contribution in [1.29, 1.82) is 0 Å². The summed E-state index contributed by atoms with van der Waals surface area (Å²) in [5.74, 6) is -0.125. The van der Waals surface area contributed by atoms with E-state index in [1.165, 1.54) is 6.07 Å². The maximum atomic E-state index is 13.1. The van der Waals surface area contributed by atoms with Gasteiger partial charge in [0, 0.05) is 0 Å². The Labute approximate surface area is 207 Å². The van der Waals surface area contributed by atoms with Crippen LogP contribution in [0.2, 0.25) is 0 Å². The molecule has 0 aliphatic heterocycles. The molecule has 0 heterocycles. The van der Waals surface area contributed by atoms with Gasteiger partial charge in [-0.1, -0.05) is 51.5 Å². The highest BCUT2D eigenvalue weighted by Crippen LogP contribution is 2.36.